The van der Waals surface area contributed by atoms with Gasteiger partial charge in [0.05, 0.1) is 40.6 Å². The average Bonchev–Trinajstić information content (AvgIpc) is 3.31. The van der Waals surface area contributed by atoms with E-state index in [-0.39, 0.29) is 19.0 Å². The summed E-state index contributed by atoms with van der Waals surface area (Å²) in [5, 5.41) is 0. The van der Waals surface area contributed by atoms with Crippen LogP contribution in [0.2, 0.25) is 0 Å². The van der Waals surface area contributed by atoms with E-state index in [1.165, 1.54) is 0 Å². The molecule has 0 N–H and O–H groups in total. The lowest BCUT2D eigenvalue weighted by molar-refractivity contribution is 0.0312. The SMILES string of the molecule is COc1cc2c(c(OC)c1OC)-c1c(cc3c(c1OC)OCO3)[C@@H]1O[C@H]2[C@H](C)[C@@H]1C. The van der Waals surface area contributed by atoms with E-state index < -0.39 is 0 Å². The van der Waals surface area contributed by atoms with Crippen molar-refractivity contribution in [3.8, 4) is 45.6 Å². The van der Waals surface area contributed by atoms with E-state index in [4.69, 9.17) is 33.2 Å². The molecule has 160 valence electrons. The fraction of sp³-hybridized carbons (Fsp3) is 0.478. The highest BCUT2D eigenvalue weighted by Gasteiger charge is 2.48. The van der Waals surface area contributed by atoms with Crippen molar-refractivity contribution in [2.75, 3.05) is 35.2 Å². The Labute approximate surface area is 175 Å². The summed E-state index contributed by atoms with van der Waals surface area (Å²) in [5.74, 6) is 4.18. The first kappa shape index (κ1) is 19.2. The Hall–Kier alpha value is -2.80. The van der Waals surface area contributed by atoms with Crippen molar-refractivity contribution in [1.29, 1.82) is 0 Å². The second-order valence-corrected chi connectivity index (χ2v) is 7.91. The number of fused-ring (bicyclic) bond motifs is 8. The second-order valence-electron chi connectivity index (χ2n) is 7.91. The fourth-order valence-corrected chi connectivity index (χ4v) is 5.04. The summed E-state index contributed by atoms with van der Waals surface area (Å²) < 4.78 is 41.2. The van der Waals surface area contributed by atoms with Crippen molar-refractivity contribution in [2.24, 2.45) is 11.8 Å². The summed E-state index contributed by atoms with van der Waals surface area (Å²) in [5.41, 5.74) is 3.76. The molecule has 4 atom stereocenters. The van der Waals surface area contributed by atoms with Crippen molar-refractivity contribution in [3.05, 3.63) is 23.3 Å². The summed E-state index contributed by atoms with van der Waals surface area (Å²) >= 11 is 0. The summed E-state index contributed by atoms with van der Waals surface area (Å²) in [4.78, 5) is 0. The molecule has 2 aromatic rings. The van der Waals surface area contributed by atoms with Gasteiger partial charge in [-0.25, -0.2) is 0 Å². The first-order valence-electron chi connectivity index (χ1n) is 10.0. The minimum atomic E-state index is -0.123. The van der Waals surface area contributed by atoms with Crippen LogP contribution >= 0.6 is 0 Å². The van der Waals surface area contributed by atoms with Crippen LogP contribution < -0.4 is 28.4 Å². The number of methoxy groups -OCH3 is 4. The Kier molecular flexibility index (Phi) is 4.39. The van der Waals surface area contributed by atoms with Crippen molar-refractivity contribution in [1.82, 2.24) is 0 Å². The van der Waals surface area contributed by atoms with E-state index in [9.17, 15) is 0 Å². The summed E-state index contributed by atoms with van der Waals surface area (Å²) in [6.45, 7) is 4.60. The van der Waals surface area contributed by atoms with Gasteiger partial charge in [-0.05, 0) is 35.1 Å². The third kappa shape index (κ3) is 2.35. The molecular formula is C23H26O7. The molecule has 0 spiro atoms. The highest BCUT2D eigenvalue weighted by atomic mass is 16.7. The zero-order chi connectivity index (χ0) is 21.2. The van der Waals surface area contributed by atoms with Gasteiger partial charge in [-0.1, -0.05) is 13.8 Å². The van der Waals surface area contributed by atoms with E-state index in [2.05, 4.69) is 13.8 Å². The highest BCUT2D eigenvalue weighted by Crippen LogP contribution is 2.64. The van der Waals surface area contributed by atoms with Crippen molar-refractivity contribution in [2.45, 2.75) is 26.1 Å². The lowest BCUT2D eigenvalue weighted by Crippen LogP contribution is -2.15. The maximum Gasteiger partial charge on any atom is 0.231 e. The zero-order valence-corrected chi connectivity index (χ0v) is 18.0. The molecule has 2 bridgehead atoms. The van der Waals surface area contributed by atoms with Crippen LogP contribution in [-0.4, -0.2) is 35.2 Å². The first-order valence-corrected chi connectivity index (χ1v) is 10.0. The Morgan fingerprint density at radius 2 is 1.33 bits per heavy atom. The Morgan fingerprint density at radius 1 is 0.733 bits per heavy atom. The van der Waals surface area contributed by atoms with E-state index in [0.717, 1.165) is 22.3 Å². The second kappa shape index (κ2) is 6.87. The molecule has 7 heteroatoms. The molecule has 1 fully saturated rings. The molecule has 1 saturated heterocycles. The minimum Gasteiger partial charge on any atom is -0.493 e. The molecule has 5 rings (SSSR count). The molecule has 2 aromatic carbocycles. The Bertz CT molecular complexity index is 1020. The van der Waals surface area contributed by atoms with Crippen molar-refractivity contribution in [3.63, 3.8) is 0 Å². The van der Waals surface area contributed by atoms with Gasteiger partial charge in [0.25, 0.3) is 0 Å². The quantitative estimate of drug-likeness (QED) is 0.729. The van der Waals surface area contributed by atoms with Gasteiger partial charge in [-0.2, -0.15) is 0 Å². The molecule has 3 heterocycles. The van der Waals surface area contributed by atoms with Gasteiger partial charge in [0.15, 0.2) is 23.0 Å². The van der Waals surface area contributed by atoms with E-state index in [0.29, 0.717) is 46.3 Å². The van der Waals surface area contributed by atoms with Crippen LogP contribution in [0.15, 0.2) is 12.1 Å². The molecule has 30 heavy (non-hydrogen) atoms. The molecule has 0 amide bonds. The van der Waals surface area contributed by atoms with Gasteiger partial charge in [-0.15, -0.1) is 0 Å². The summed E-state index contributed by atoms with van der Waals surface area (Å²) in [6.07, 6.45) is -0.236. The van der Waals surface area contributed by atoms with Gasteiger partial charge in [-0.3, -0.25) is 0 Å². The normalized spacial score (nSPS) is 25.3. The molecule has 3 aliphatic rings. The molecule has 7 nitrogen and oxygen atoms in total. The maximum atomic E-state index is 6.63. The number of benzene rings is 2. The smallest absolute Gasteiger partial charge is 0.231 e. The standard InChI is InChI=1S/C23H26O7/c1-10-11(2)19-13-8-15-21(29-9-28-15)23(27-6)17(13)16-12(18(10)30-19)7-14(24-3)20(25-4)22(16)26-5/h7-8,10-11,18-19H,9H2,1-6H3/t10-,11+,18+,19-/m1/s1. The van der Waals surface area contributed by atoms with Crippen LogP contribution in [0, 0.1) is 11.8 Å². The number of hydrogen-bond donors (Lipinski definition) is 0. The summed E-state index contributed by atoms with van der Waals surface area (Å²) in [7, 11) is 6.50. The van der Waals surface area contributed by atoms with Gasteiger partial charge < -0.3 is 33.2 Å². The zero-order valence-electron chi connectivity index (χ0n) is 18.0. The topological polar surface area (TPSA) is 64.6 Å². The Morgan fingerprint density at radius 3 is 1.93 bits per heavy atom. The number of rotatable bonds is 4. The molecule has 0 aliphatic carbocycles. The predicted octanol–water partition coefficient (Wildman–Crippen LogP) is 4.51. The highest BCUT2D eigenvalue weighted by molar-refractivity contribution is 5.89. The van der Waals surface area contributed by atoms with E-state index in [1.54, 1.807) is 28.4 Å². The van der Waals surface area contributed by atoms with Crippen molar-refractivity contribution < 1.29 is 33.2 Å². The third-order valence-electron chi connectivity index (χ3n) is 6.66. The largest absolute Gasteiger partial charge is 0.493 e. The van der Waals surface area contributed by atoms with Gasteiger partial charge >= 0.3 is 0 Å². The number of hydrogen-bond acceptors (Lipinski definition) is 7. The van der Waals surface area contributed by atoms with Gasteiger partial charge in [0.1, 0.15) is 0 Å². The molecular weight excluding hydrogens is 388 g/mol. The molecule has 0 aromatic heterocycles. The van der Waals surface area contributed by atoms with Crippen LogP contribution in [-0.2, 0) is 4.74 Å². The monoisotopic (exact) mass is 414 g/mol. The van der Waals surface area contributed by atoms with Crippen LogP contribution in [0.1, 0.15) is 37.2 Å². The van der Waals surface area contributed by atoms with Crippen LogP contribution in [0.4, 0.5) is 0 Å². The lowest BCUT2D eigenvalue weighted by atomic mass is 9.77. The van der Waals surface area contributed by atoms with Crippen molar-refractivity contribution >= 4 is 0 Å². The third-order valence-corrected chi connectivity index (χ3v) is 6.66. The van der Waals surface area contributed by atoms with Gasteiger partial charge in [0.2, 0.25) is 18.3 Å². The predicted molar refractivity (Wildman–Crippen MR) is 109 cm³/mol. The van der Waals surface area contributed by atoms with Crippen LogP contribution in [0.25, 0.3) is 11.1 Å². The van der Waals surface area contributed by atoms with Crippen LogP contribution in [0.3, 0.4) is 0 Å². The summed E-state index contributed by atoms with van der Waals surface area (Å²) in [6, 6.07) is 4.01. The van der Waals surface area contributed by atoms with E-state index >= 15 is 0 Å². The fourth-order valence-electron chi connectivity index (χ4n) is 5.04. The molecule has 0 radical (unpaired) electrons. The minimum absolute atomic E-state index is 0.113. The maximum absolute atomic E-state index is 6.63. The average molecular weight is 414 g/mol. The first-order chi connectivity index (χ1) is 14.5. The Balaban J connectivity index is 1.94. The van der Waals surface area contributed by atoms with Gasteiger partial charge in [0, 0.05) is 11.1 Å². The van der Waals surface area contributed by atoms with E-state index in [1.807, 2.05) is 12.1 Å². The molecule has 0 saturated carbocycles. The van der Waals surface area contributed by atoms with Crippen LogP contribution in [0.5, 0.6) is 34.5 Å². The molecule has 3 aliphatic heterocycles. The number of ether oxygens (including phenoxy) is 7. The lowest BCUT2D eigenvalue weighted by Gasteiger charge is -2.27. The molecule has 0 unspecified atom stereocenters.